The first-order valence-electron chi connectivity index (χ1n) is 6.39. The molecule has 0 fully saturated rings. The van der Waals surface area contributed by atoms with E-state index in [4.69, 9.17) is 4.74 Å². The van der Waals surface area contributed by atoms with Gasteiger partial charge < -0.3 is 4.74 Å². The first-order chi connectivity index (χ1) is 9.29. The Bertz CT molecular complexity index is 537. The van der Waals surface area contributed by atoms with E-state index in [1.807, 2.05) is 61.5 Å². The minimum Gasteiger partial charge on any atom is -0.494 e. The third kappa shape index (κ3) is 4.21. The highest BCUT2D eigenvalue weighted by molar-refractivity contribution is 7.83. The zero-order valence-corrected chi connectivity index (χ0v) is 11.9. The normalized spacial score (nSPS) is 12.1. The lowest BCUT2D eigenvalue weighted by Gasteiger charge is -2.09. The van der Waals surface area contributed by atoms with Crippen LogP contribution in [0.2, 0.25) is 0 Å². The summed E-state index contributed by atoms with van der Waals surface area (Å²) in [6.45, 7) is 2.58. The number of benzene rings is 2. The van der Waals surface area contributed by atoms with E-state index in [-0.39, 0.29) is 0 Å². The van der Waals surface area contributed by atoms with E-state index in [9.17, 15) is 4.21 Å². The summed E-state index contributed by atoms with van der Waals surface area (Å²) < 4.78 is 17.7. The Kier molecular flexibility index (Phi) is 5.16. The molecule has 0 aliphatic heterocycles. The smallest absolute Gasteiger partial charge is 0.123 e. The Labute approximate surface area is 116 Å². The minimum absolute atomic E-state index is 0.533. The average Bonchev–Trinajstić information content (AvgIpc) is 2.42. The van der Waals surface area contributed by atoms with Crippen molar-refractivity contribution in [2.24, 2.45) is 0 Å². The molecule has 0 radical (unpaired) electrons. The summed E-state index contributed by atoms with van der Waals surface area (Å²) in [5.41, 5.74) is 2.12. The summed E-state index contributed by atoms with van der Waals surface area (Å²) >= 11 is 0. The van der Waals surface area contributed by atoms with Gasteiger partial charge in [0.25, 0.3) is 0 Å². The second kappa shape index (κ2) is 7.10. The van der Waals surface area contributed by atoms with Gasteiger partial charge in [-0.3, -0.25) is 4.21 Å². The van der Waals surface area contributed by atoms with Crippen molar-refractivity contribution in [3.8, 4) is 5.75 Å². The van der Waals surface area contributed by atoms with Crippen LogP contribution in [0.4, 0.5) is 0 Å². The van der Waals surface area contributed by atoms with Crippen LogP contribution in [0.25, 0.3) is 0 Å². The van der Waals surface area contributed by atoms with Gasteiger partial charge in [0.05, 0.1) is 12.4 Å². The summed E-state index contributed by atoms with van der Waals surface area (Å²) in [5.74, 6) is 1.96. The highest BCUT2D eigenvalue weighted by atomic mass is 32.2. The topological polar surface area (TPSA) is 26.3 Å². The van der Waals surface area contributed by atoms with Crippen LogP contribution in [-0.2, 0) is 22.3 Å². The highest BCUT2D eigenvalue weighted by Gasteiger charge is 2.07. The van der Waals surface area contributed by atoms with Crippen molar-refractivity contribution in [1.82, 2.24) is 0 Å². The molecule has 0 heterocycles. The maximum absolute atomic E-state index is 12.2. The fourth-order valence-electron chi connectivity index (χ4n) is 1.90. The van der Waals surface area contributed by atoms with Crippen LogP contribution in [0.1, 0.15) is 18.1 Å². The van der Waals surface area contributed by atoms with Crippen molar-refractivity contribution in [2.75, 3.05) is 6.61 Å². The van der Waals surface area contributed by atoms with Gasteiger partial charge in [-0.25, -0.2) is 0 Å². The SMILES string of the molecule is CCOc1ccccc1CS(=O)Cc1ccccc1. The largest absolute Gasteiger partial charge is 0.494 e. The summed E-state index contributed by atoms with van der Waals surface area (Å²) in [6.07, 6.45) is 0. The molecule has 0 aliphatic carbocycles. The van der Waals surface area contributed by atoms with Crippen LogP contribution >= 0.6 is 0 Å². The lowest BCUT2D eigenvalue weighted by atomic mass is 10.2. The predicted molar refractivity (Wildman–Crippen MR) is 79.6 cm³/mol. The molecule has 3 heteroatoms. The third-order valence-corrected chi connectivity index (χ3v) is 4.05. The predicted octanol–water partition coefficient (Wildman–Crippen LogP) is 3.53. The molecule has 100 valence electrons. The molecule has 0 saturated heterocycles. The first kappa shape index (κ1) is 13.8. The Morgan fingerprint density at radius 1 is 0.947 bits per heavy atom. The quantitative estimate of drug-likeness (QED) is 0.805. The van der Waals surface area contributed by atoms with Gasteiger partial charge >= 0.3 is 0 Å². The molecule has 0 amide bonds. The first-order valence-corrected chi connectivity index (χ1v) is 7.88. The van der Waals surface area contributed by atoms with Crippen molar-refractivity contribution in [1.29, 1.82) is 0 Å². The number of para-hydroxylation sites is 1. The number of rotatable bonds is 6. The molecule has 1 unspecified atom stereocenters. The lowest BCUT2D eigenvalue weighted by molar-refractivity contribution is 0.337. The molecule has 0 saturated carbocycles. The molecule has 2 aromatic rings. The second-order valence-corrected chi connectivity index (χ2v) is 5.71. The van der Waals surface area contributed by atoms with E-state index in [1.54, 1.807) is 0 Å². The summed E-state index contributed by atoms with van der Waals surface area (Å²) in [6, 6.07) is 17.7. The van der Waals surface area contributed by atoms with Gasteiger partial charge in [0.15, 0.2) is 0 Å². The van der Waals surface area contributed by atoms with Crippen molar-refractivity contribution in [3.63, 3.8) is 0 Å². The average molecular weight is 274 g/mol. The number of ether oxygens (including phenoxy) is 1. The zero-order chi connectivity index (χ0) is 13.5. The molecule has 2 aromatic carbocycles. The van der Waals surface area contributed by atoms with E-state index < -0.39 is 10.8 Å². The van der Waals surface area contributed by atoms with E-state index in [0.717, 1.165) is 16.9 Å². The van der Waals surface area contributed by atoms with Crippen LogP contribution in [0.3, 0.4) is 0 Å². The summed E-state index contributed by atoms with van der Waals surface area (Å²) in [5, 5.41) is 0. The molecule has 0 bridgehead atoms. The van der Waals surface area contributed by atoms with Crippen LogP contribution in [-0.4, -0.2) is 10.8 Å². The monoisotopic (exact) mass is 274 g/mol. The van der Waals surface area contributed by atoms with Crippen molar-refractivity contribution < 1.29 is 8.95 Å². The maximum Gasteiger partial charge on any atom is 0.123 e. The van der Waals surface area contributed by atoms with Gasteiger partial charge in [0.1, 0.15) is 5.75 Å². The minimum atomic E-state index is -0.916. The molecule has 2 nitrogen and oxygen atoms in total. The molecule has 1 atom stereocenters. The molecule has 0 spiro atoms. The lowest BCUT2D eigenvalue weighted by Crippen LogP contribution is -2.02. The van der Waals surface area contributed by atoms with Crippen LogP contribution in [0, 0.1) is 0 Å². The molecule has 19 heavy (non-hydrogen) atoms. The summed E-state index contributed by atoms with van der Waals surface area (Å²) in [7, 11) is -0.916. The van der Waals surface area contributed by atoms with Crippen LogP contribution < -0.4 is 4.74 Å². The van der Waals surface area contributed by atoms with Gasteiger partial charge in [0.2, 0.25) is 0 Å². The van der Waals surface area contributed by atoms with Crippen molar-refractivity contribution in [2.45, 2.75) is 18.4 Å². The second-order valence-electron chi connectivity index (χ2n) is 4.25. The van der Waals surface area contributed by atoms with Crippen LogP contribution in [0.15, 0.2) is 54.6 Å². The van der Waals surface area contributed by atoms with E-state index in [1.165, 1.54) is 0 Å². The fraction of sp³-hybridized carbons (Fsp3) is 0.250. The zero-order valence-electron chi connectivity index (χ0n) is 11.0. The standard InChI is InChI=1S/C16H18O2S/c1-2-18-16-11-7-6-10-15(16)13-19(17)12-14-8-4-3-5-9-14/h3-11H,2,12-13H2,1H3. The van der Waals surface area contributed by atoms with Gasteiger partial charge in [-0.2, -0.15) is 0 Å². The molecule has 0 aliphatic rings. The molecule has 0 aromatic heterocycles. The highest BCUT2D eigenvalue weighted by Crippen LogP contribution is 2.20. The molecule has 0 N–H and O–H groups in total. The molecule has 2 rings (SSSR count). The van der Waals surface area contributed by atoms with Gasteiger partial charge in [-0.05, 0) is 18.6 Å². The fourth-order valence-corrected chi connectivity index (χ4v) is 3.16. The van der Waals surface area contributed by atoms with Gasteiger partial charge in [-0.15, -0.1) is 0 Å². The third-order valence-electron chi connectivity index (χ3n) is 2.76. The molecular formula is C16H18O2S. The Morgan fingerprint density at radius 2 is 1.63 bits per heavy atom. The van der Waals surface area contributed by atoms with E-state index in [2.05, 4.69) is 0 Å². The van der Waals surface area contributed by atoms with Crippen molar-refractivity contribution >= 4 is 10.8 Å². The van der Waals surface area contributed by atoms with E-state index in [0.29, 0.717) is 18.1 Å². The Hall–Kier alpha value is -1.61. The van der Waals surface area contributed by atoms with Gasteiger partial charge in [-0.1, -0.05) is 48.5 Å². The Balaban J connectivity index is 2.03. The maximum atomic E-state index is 12.2. The van der Waals surface area contributed by atoms with Crippen molar-refractivity contribution in [3.05, 3.63) is 65.7 Å². The van der Waals surface area contributed by atoms with Crippen LogP contribution in [0.5, 0.6) is 5.75 Å². The Morgan fingerprint density at radius 3 is 2.37 bits per heavy atom. The number of hydrogen-bond acceptors (Lipinski definition) is 2. The van der Waals surface area contributed by atoms with E-state index >= 15 is 0 Å². The molecular weight excluding hydrogens is 256 g/mol. The van der Waals surface area contributed by atoms with Gasteiger partial charge in [0, 0.05) is 22.1 Å². The summed E-state index contributed by atoms with van der Waals surface area (Å²) in [4.78, 5) is 0. The number of hydrogen-bond donors (Lipinski definition) is 0.